The van der Waals surface area contributed by atoms with Gasteiger partial charge in [-0.15, -0.1) is 0 Å². The molecule has 0 aliphatic heterocycles. The number of furan rings is 1. The molecule has 9 rings (SSSR count). The number of hydrogen-bond acceptors (Lipinski definition) is 5. The first kappa shape index (κ1) is 26.9. The molecule has 0 aliphatic rings. The van der Waals surface area contributed by atoms with Crippen LogP contribution in [0.25, 0.3) is 89.4 Å². The van der Waals surface area contributed by atoms with Crippen molar-refractivity contribution < 1.29 is 4.42 Å². The molecule has 5 nitrogen and oxygen atoms in total. The molecule has 3 aromatic heterocycles. The maximum absolute atomic E-state index is 6.11. The predicted molar refractivity (Wildman–Crippen MR) is 190 cm³/mol. The normalized spacial score (nSPS) is 11.4. The van der Waals surface area contributed by atoms with Crippen molar-refractivity contribution in [1.82, 2.24) is 19.9 Å². The molecule has 0 bridgehead atoms. The molecule has 0 amide bonds. The van der Waals surface area contributed by atoms with E-state index in [0.717, 1.165) is 83.6 Å². The van der Waals surface area contributed by atoms with E-state index in [0.29, 0.717) is 5.82 Å². The van der Waals surface area contributed by atoms with Crippen molar-refractivity contribution in [2.24, 2.45) is 0 Å². The average Bonchev–Trinajstić information content (AvgIpc) is 3.53. The monoisotopic (exact) mass is 602 g/mol. The standard InChI is InChI=1S/C42H26N4O/c1-3-11-27(12-4-1)36-26-37(46-42(45-36)30-13-5-2-6-14-30)28-19-21-29(22-20-28)40-41(44-35-17-9-8-16-34(35)43-40)31-23-24-39-33(25-31)32-15-7-10-18-38(32)47-39/h1-26H. The molecule has 0 radical (unpaired) electrons. The number of aromatic nitrogens is 4. The van der Waals surface area contributed by atoms with Gasteiger partial charge < -0.3 is 4.42 Å². The highest BCUT2D eigenvalue weighted by atomic mass is 16.3. The third-order valence-electron chi connectivity index (χ3n) is 8.50. The van der Waals surface area contributed by atoms with Crippen LogP contribution < -0.4 is 0 Å². The van der Waals surface area contributed by atoms with Gasteiger partial charge in [0.2, 0.25) is 0 Å². The Morgan fingerprint density at radius 3 is 1.55 bits per heavy atom. The van der Waals surface area contributed by atoms with Gasteiger partial charge in [0.15, 0.2) is 5.82 Å². The van der Waals surface area contributed by atoms with E-state index >= 15 is 0 Å². The Labute approximate surface area is 270 Å². The first-order valence-corrected chi connectivity index (χ1v) is 15.6. The summed E-state index contributed by atoms with van der Waals surface area (Å²) in [7, 11) is 0. The van der Waals surface area contributed by atoms with Crippen LogP contribution >= 0.6 is 0 Å². The molecule has 0 spiro atoms. The van der Waals surface area contributed by atoms with Gasteiger partial charge in [-0.25, -0.2) is 19.9 Å². The lowest BCUT2D eigenvalue weighted by Crippen LogP contribution is -1.97. The van der Waals surface area contributed by atoms with Crippen molar-refractivity contribution in [2.45, 2.75) is 0 Å². The Morgan fingerprint density at radius 2 is 0.851 bits per heavy atom. The molecule has 6 aromatic carbocycles. The van der Waals surface area contributed by atoms with Gasteiger partial charge in [-0.2, -0.15) is 0 Å². The molecule has 0 atom stereocenters. The Kier molecular flexibility index (Phi) is 6.39. The summed E-state index contributed by atoms with van der Waals surface area (Å²) in [6, 6.07) is 53.2. The van der Waals surface area contributed by atoms with E-state index < -0.39 is 0 Å². The molecular weight excluding hydrogens is 576 g/mol. The smallest absolute Gasteiger partial charge is 0.160 e. The minimum atomic E-state index is 0.691. The van der Waals surface area contributed by atoms with Crippen molar-refractivity contribution in [3.8, 4) is 56.4 Å². The van der Waals surface area contributed by atoms with Gasteiger partial charge in [0.1, 0.15) is 11.2 Å². The van der Waals surface area contributed by atoms with E-state index in [4.69, 9.17) is 24.4 Å². The number of rotatable bonds is 5. The molecule has 47 heavy (non-hydrogen) atoms. The fourth-order valence-corrected chi connectivity index (χ4v) is 6.14. The van der Waals surface area contributed by atoms with Crippen LogP contribution in [0.1, 0.15) is 0 Å². The highest BCUT2D eigenvalue weighted by Crippen LogP contribution is 2.37. The molecule has 0 aliphatic carbocycles. The second-order valence-electron chi connectivity index (χ2n) is 11.5. The lowest BCUT2D eigenvalue weighted by Gasteiger charge is -2.12. The summed E-state index contributed by atoms with van der Waals surface area (Å²) < 4.78 is 6.11. The summed E-state index contributed by atoms with van der Waals surface area (Å²) in [5, 5.41) is 2.14. The van der Waals surface area contributed by atoms with E-state index in [9.17, 15) is 0 Å². The topological polar surface area (TPSA) is 64.7 Å². The third kappa shape index (κ3) is 4.91. The quantitative estimate of drug-likeness (QED) is 0.196. The van der Waals surface area contributed by atoms with Gasteiger partial charge in [0, 0.05) is 38.6 Å². The first-order valence-electron chi connectivity index (χ1n) is 15.6. The van der Waals surface area contributed by atoms with Crippen LogP contribution in [0, 0.1) is 0 Å². The van der Waals surface area contributed by atoms with Crippen molar-refractivity contribution in [3.63, 3.8) is 0 Å². The molecule has 220 valence electrons. The Bertz CT molecular complexity index is 2500. The highest BCUT2D eigenvalue weighted by molar-refractivity contribution is 6.06. The molecule has 0 saturated heterocycles. The van der Waals surface area contributed by atoms with E-state index in [1.807, 2.05) is 97.1 Å². The van der Waals surface area contributed by atoms with Crippen LogP contribution in [-0.4, -0.2) is 19.9 Å². The maximum atomic E-state index is 6.11. The zero-order chi connectivity index (χ0) is 31.2. The van der Waals surface area contributed by atoms with E-state index in [-0.39, 0.29) is 0 Å². The summed E-state index contributed by atoms with van der Waals surface area (Å²) in [5.41, 5.74) is 11.8. The van der Waals surface area contributed by atoms with Crippen molar-refractivity contribution >= 4 is 33.0 Å². The summed E-state index contributed by atoms with van der Waals surface area (Å²) in [5.74, 6) is 0.691. The second kappa shape index (κ2) is 11.2. The van der Waals surface area contributed by atoms with Crippen molar-refractivity contribution in [2.75, 3.05) is 0 Å². The summed E-state index contributed by atoms with van der Waals surface area (Å²) >= 11 is 0. The van der Waals surface area contributed by atoms with E-state index in [1.165, 1.54) is 0 Å². The largest absolute Gasteiger partial charge is 0.456 e. The number of nitrogens with zero attached hydrogens (tertiary/aromatic N) is 4. The average molecular weight is 603 g/mol. The van der Waals surface area contributed by atoms with Crippen molar-refractivity contribution in [3.05, 3.63) is 158 Å². The van der Waals surface area contributed by atoms with Gasteiger partial charge in [0.05, 0.1) is 33.8 Å². The number of hydrogen-bond donors (Lipinski definition) is 0. The van der Waals surface area contributed by atoms with Gasteiger partial charge in [-0.05, 0) is 42.5 Å². The van der Waals surface area contributed by atoms with Crippen LogP contribution in [0.4, 0.5) is 0 Å². The summed E-state index contributed by atoms with van der Waals surface area (Å²) in [6.45, 7) is 0. The van der Waals surface area contributed by atoms with E-state index in [2.05, 4.69) is 60.7 Å². The Morgan fingerprint density at radius 1 is 0.340 bits per heavy atom. The fraction of sp³-hybridized carbons (Fsp3) is 0. The molecule has 3 heterocycles. The lowest BCUT2D eigenvalue weighted by atomic mass is 9.99. The fourth-order valence-electron chi connectivity index (χ4n) is 6.14. The molecular formula is C42H26N4O. The van der Waals surface area contributed by atoms with Gasteiger partial charge in [-0.1, -0.05) is 115 Å². The van der Waals surface area contributed by atoms with Gasteiger partial charge in [-0.3, -0.25) is 0 Å². The first-order chi connectivity index (χ1) is 23.3. The molecule has 0 fully saturated rings. The SMILES string of the molecule is c1ccc(-c2cc(-c3ccc(-c4nc5ccccc5nc4-c4ccc5oc6ccccc6c5c4)cc3)nc(-c3ccccc3)n2)cc1. The Balaban J connectivity index is 1.17. The third-order valence-corrected chi connectivity index (χ3v) is 8.50. The second-order valence-corrected chi connectivity index (χ2v) is 11.5. The van der Waals surface area contributed by atoms with Crippen LogP contribution in [0.15, 0.2) is 162 Å². The molecule has 0 saturated carbocycles. The maximum Gasteiger partial charge on any atom is 0.160 e. The van der Waals surface area contributed by atoms with E-state index in [1.54, 1.807) is 0 Å². The molecule has 9 aromatic rings. The number of para-hydroxylation sites is 3. The van der Waals surface area contributed by atoms with Crippen LogP contribution in [0.2, 0.25) is 0 Å². The van der Waals surface area contributed by atoms with Crippen LogP contribution in [-0.2, 0) is 0 Å². The zero-order valence-corrected chi connectivity index (χ0v) is 25.2. The Hall–Kier alpha value is -6.46. The molecule has 0 unspecified atom stereocenters. The van der Waals surface area contributed by atoms with Crippen molar-refractivity contribution in [1.29, 1.82) is 0 Å². The zero-order valence-electron chi connectivity index (χ0n) is 25.2. The van der Waals surface area contributed by atoms with Crippen LogP contribution in [0.5, 0.6) is 0 Å². The minimum absolute atomic E-state index is 0.691. The summed E-state index contributed by atoms with van der Waals surface area (Å²) in [6.07, 6.45) is 0. The van der Waals surface area contributed by atoms with Gasteiger partial charge in [0.25, 0.3) is 0 Å². The minimum Gasteiger partial charge on any atom is -0.456 e. The summed E-state index contributed by atoms with van der Waals surface area (Å²) in [4.78, 5) is 20.2. The molecule has 5 heteroatoms. The highest BCUT2D eigenvalue weighted by Gasteiger charge is 2.17. The van der Waals surface area contributed by atoms with Gasteiger partial charge >= 0.3 is 0 Å². The molecule has 0 N–H and O–H groups in total. The number of fused-ring (bicyclic) bond motifs is 4. The predicted octanol–water partition coefficient (Wildman–Crippen LogP) is 10.7. The van der Waals surface area contributed by atoms with Crippen LogP contribution in [0.3, 0.4) is 0 Å². The lowest BCUT2D eigenvalue weighted by molar-refractivity contribution is 0.669. The number of benzene rings is 6.